The minimum absolute atomic E-state index is 0.226. The smallest absolute Gasteiger partial charge is 0.307 e. The first-order valence-corrected chi connectivity index (χ1v) is 7.13. The van der Waals surface area contributed by atoms with E-state index in [0.717, 1.165) is 12.1 Å². The van der Waals surface area contributed by atoms with Crippen LogP contribution in [0.2, 0.25) is 0 Å². The van der Waals surface area contributed by atoms with E-state index >= 15 is 0 Å². The van der Waals surface area contributed by atoms with Gasteiger partial charge >= 0.3 is 5.97 Å². The Kier molecular flexibility index (Phi) is 6.49. The normalized spacial score (nSPS) is 13.4. The lowest BCUT2D eigenvalue weighted by Gasteiger charge is -2.30. The van der Waals surface area contributed by atoms with Crippen molar-refractivity contribution in [3.05, 3.63) is 23.8 Å². The van der Waals surface area contributed by atoms with Crippen LogP contribution in [0.15, 0.2) is 18.2 Å². The summed E-state index contributed by atoms with van der Waals surface area (Å²) in [4.78, 5) is 11.9. The van der Waals surface area contributed by atoms with Crippen LogP contribution in [0.1, 0.15) is 32.8 Å². The van der Waals surface area contributed by atoms with Crippen molar-refractivity contribution in [1.82, 2.24) is 5.32 Å². The molecule has 0 spiro atoms. The van der Waals surface area contributed by atoms with E-state index in [1.807, 2.05) is 32.0 Å². The van der Waals surface area contributed by atoms with Gasteiger partial charge in [-0.2, -0.15) is 0 Å². The number of methoxy groups -OCH3 is 2. The fraction of sp³-hybridized carbons (Fsp3) is 0.562. The minimum atomic E-state index is -0.513. The molecular formula is C16H25NO4. The van der Waals surface area contributed by atoms with Gasteiger partial charge < -0.3 is 19.5 Å². The van der Waals surface area contributed by atoms with Crippen molar-refractivity contribution in [3.63, 3.8) is 0 Å². The molecule has 0 fully saturated rings. The van der Waals surface area contributed by atoms with Crippen molar-refractivity contribution in [2.75, 3.05) is 27.4 Å². The summed E-state index contributed by atoms with van der Waals surface area (Å²) in [6.45, 7) is 6.91. The lowest BCUT2D eigenvalue weighted by Crippen LogP contribution is -2.41. The highest BCUT2D eigenvalue weighted by atomic mass is 16.5. The van der Waals surface area contributed by atoms with Gasteiger partial charge in [-0.1, -0.05) is 13.0 Å². The third kappa shape index (κ3) is 4.36. The number of carbonyl (C=O) groups is 1. The molecule has 1 rings (SSSR count). The van der Waals surface area contributed by atoms with Crippen molar-refractivity contribution in [2.45, 2.75) is 32.7 Å². The van der Waals surface area contributed by atoms with Gasteiger partial charge in [0.15, 0.2) is 11.5 Å². The summed E-state index contributed by atoms with van der Waals surface area (Å²) in [5.74, 6) is 1.08. The molecule has 5 nitrogen and oxygen atoms in total. The predicted molar refractivity (Wildman–Crippen MR) is 81.8 cm³/mol. The standard InChI is InChI=1S/C16H25NO4/c1-6-17-16(3,11-15(18)21-7-2)12-8-9-13(19-4)14(10-12)20-5/h8-10,17H,6-7,11H2,1-5H3. The molecule has 0 amide bonds. The molecule has 1 aromatic carbocycles. The third-order valence-electron chi connectivity index (χ3n) is 3.39. The molecule has 0 saturated carbocycles. The molecule has 0 saturated heterocycles. The van der Waals surface area contributed by atoms with Crippen molar-refractivity contribution in [3.8, 4) is 11.5 Å². The van der Waals surface area contributed by atoms with Gasteiger partial charge in [0.2, 0.25) is 0 Å². The Bertz CT molecular complexity index is 475. The van der Waals surface area contributed by atoms with E-state index in [9.17, 15) is 4.79 Å². The highest BCUT2D eigenvalue weighted by molar-refractivity contribution is 5.71. The zero-order valence-corrected chi connectivity index (χ0v) is 13.5. The molecule has 0 aliphatic rings. The maximum absolute atomic E-state index is 11.9. The number of carbonyl (C=O) groups excluding carboxylic acids is 1. The van der Waals surface area contributed by atoms with Crippen LogP contribution in [0, 0.1) is 0 Å². The first kappa shape index (κ1) is 17.3. The Morgan fingerprint density at radius 2 is 1.86 bits per heavy atom. The van der Waals surface area contributed by atoms with Crippen molar-refractivity contribution >= 4 is 5.97 Å². The summed E-state index contributed by atoms with van der Waals surface area (Å²) in [5, 5.41) is 3.36. The Morgan fingerprint density at radius 1 is 1.19 bits per heavy atom. The molecule has 5 heteroatoms. The summed E-state index contributed by atoms with van der Waals surface area (Å²) >= 11 is 0. The van der Waals surface area contributed by atoms with Crippen LogP contribution in [0.3, 0.4) is 0 Å². The van der Waals surface area contributed by atoms with Gasteiger partial charge in [0.25, 0.3) is 0 Å². The van der Waals surface area contributed by atoms with Gasteiger partial charge in [-0.15, -0.1) is 0 Å². The van der Waals surface area contributed by atoms with Gasteiger partial charge in [-0.25, -0.2) is 0 Å². The molecule has 21 heavy (non-hydrogen) atoms. The first-order valence-electron chi connectivity index (χ1n) is 7.13. The van der Waals surface area contributed by atoms with Gasteiger partial charge in [-0.3, -0.25) is 4.79 Å². The lowest BCUT2D eigenvalue weighted by atomic mass is 9.88. The molecule has 0 aliphatic heterocycles. The molecule has 1 unspecified atom stereocenters. The van der Waals surface area contributed by atoms with Crippen molar-refractivity contribution in [2.24, 2.45) is 0 Å². The fourth-order valence-corrected chi connectivity index (χ4v) is 2.34. The lowest BCUT2D eigenvalue weighted by molar-refractivity contribution is -0.144. The molecule has 1 aromatic rings. The summed E-state index contributed by atoms with van der Waals surface area (Å²) in [5.41, 5.74) is 0.440. The maximum atomic E-state index is 11.9. The Hall–Kier alpha value is -1.75. The Morgan fingerprint density at radius 3 is 2.38 bits per heavy atom. The van der Waals surface area contributed by atoms with Gasteiger partial charge in [0.1, 0.15) is 0 Å². The number of hydrogen-bond donors (Lipinski definition) is 1. The topological polar surface area (TPSA) is 56.8 Å². The predicted octanol–water partition coefficient (Wildman–Crippen LogP) is 2.48. The van der Waals surface area contributed by atoms with Gasteiger partial charge in [0, 0.05) is 0 Å². The molecule has 1 atom stereocenters. The second-order valence-corrected chi connectivity index (χ2v) is 4.91. The molecule has 0 bridgehead atoms. The van der Waals surface area contributed by atoms with Crippen LogP contribution in [0.25, 0.3) is 0 Å². The van der Waals surface area contributed by atoms with Crippen LogP contribution < -0.4 is 14.8 Å². The first-order chi connectivity index (χ1) is 10.0. The third-order valence-corrected chi connectivity index (χ3v) is 3.39. The monoisotopic (exact) mass is 295 g/mol. The van der Waals surface area contributed by atoms with E-state index in [0.29, 0.717) is 18.1 Å². The van der Waals surface area contributed by atoms with E-state index in [-0.39, 0.29) is 12.4 Å². The molecule has 0 aromatic heterocycles. The van der Waals surface area contributed by atoms with Crippen LogP contribution in [0.5, 0.6) is 11.5 Å². The summed E-state index contributed by atoms with van der Waals surface area (Å²) in [6, 6.07) is 5.67. The summed E-state index contributed by atoms with van der Waals surface area (Å²) in [6.07, 6.45) is 0.254. The van der Waals surface area contributed by atoms with Gasteiger partial charge in [-0.05, 0) is 38.1 Å². The van der Waals surface area contributed by atoms with E-state index in [1.165, 1.54) is 0 Å². The highest BCUT2D eigenvalue weighted by Crippen LogP contribution is 2.33. The number of rotatable bonds is 8. The van der Waals surface area contributed by atoms with E-state index < -0.39 is 5.54 Å². The van der Waals surface area contributed by atoms with Crippen molar-refractivity contribution < 1.29 is 19.0 Å². The zero-order valence-electron chi connectivity index (χ0n) is 13.5. The maximum Gasteiger partial charge on any atom is 0.307 e. The van der Waals surface area contributed by atoms with Crippen LogP contribution in [-0.4, -0.2) is 33.3 Å². The molecule has 118 valence electrons. The quantitative estimate of drug-likeness (QED) is 0.747. The van der Waals surface area contributed by atoms with Crippen LogP contribution >= 0.6 is 0 Å². The van der Waals surface area contributed by atoms with E-state index in [4.69, 9.17) is 14.2 Å². The molecule has 0 heterocycles. The zero-order chi connectivity index (χ0) is 15.9. The number of benzene rings is 1. The largest absolute Gasteiger partial charge is 0.493 e. The van der Waals surface area contributed by atoms with Crippen LogP contribution in [-0.2, 0) is 15.1 Å². The second-order valence-electron chi connectivity index (χ2n) is 4.91. The van der Waals surface area contributed by atoms with Crippen LogP contribution in [0.4, 0.5) is 0 Å². The Balaban J connectivity index is 3.11. The fourth-order valence-electron chi connectivity index (χ4n) is 2.34. The summed E-state index contributed by atoms with van der Waals surface area (Å²) < 4.78 is 15.7. The minimum Gasteiger partial charge on any atom is -0.493 e. The van der Waals surface area contributed by atoms with Gasteiger partial charge in [0.05, 0.1) is 32.8 Å². The average Bonchev–Trinajstić information content (AvgIpc) is 2.46. The highest BCUT2D eigenvalue weighted by Gasteiger charge is 2.30. The molecular weight excluding hydrogens is 270 g/mol. The molecule has 0 radical (unpaired) electrons. The molecule has 1 N–H and O–H groups in total. The number of hydrogen-bond acceptors (Lipinski definition) is 5. The second kappa shape index (κ2) is 7.88. The number of esters is 1. The van der Waals surface area contributed by atoms with E-state index in [2.05, 4.69) is 5.32 Å². The number of ether oxygens (including phenoxy) is 3. The number of nitrogens with one attached hydrogen (secondary N) is 1. The summed E-state index contributed by atoms with van der Waals surface area (Å²) in [7, 11) is 3.19. The SMILES string of the molecule is CCNC(C)(CC(=O)OCC)c1ccc(OC)c(OC)c1. The molecule has 0 aliphatic carbocycles. The van der Waals surface area contributed by atoms with Crippen molar-refractivity contribution in [1.29, 1.82) is 0 Å². The Labute approximate surface area is 126 Å². The van der Waals surface area contributed by atoms with E-state index in [1.54, 1.807) is 21.1 Å². The average molecular weight is 295 g/mol.